The molecule has 0 unspecified atom stereocenters. The molecule has 9 heteroatoms. The molecule has 2 rings (SSSR count). The van der Waals surface area contributed by atoms with Gasteiger partial charge in [0.05, 0.1) is 5.56 Å². The smallest absolute Gasteiger partial charge is 0.420 e. The van der Waals surface area contributed by atoms with E-state index in [0.29, 0.717) is 0 Å². The number of hydrogen-bond acceptors (Lipinski definition) is 2. The minimum absolute atomic E-state index is 0.281. The number of fused-ring (bicyclic) bond motifs is 1. The predicted molar refractivity (Wildman–Crippen MR) is 56.4 cm³/mol. The van der Waals surface area contributed by atoms with Gasteiger partial charge < -0.3 is 4.42 Å². The molecule has 0 fully saturated rings. The molecule has 0 bridgehead atoms. The summed E-state index contributed by atoms with van der Waals surface area (Å²) in [7, 11) is 0. The summed E-state index contributed by atoms with van der Waals surface area (Å²) >= 11 is 5.03. The van der Waals surface area contributed by atoms with Crippen molar-refractivity contribution < 1.29 is 35.6 Å². The number of hydrogen-bond donors (Lipinski definition) is 0. The van der Waals surface area contributed by atoms with Crippen molar-refractivity contribution in [1.82, 2.24) is 0 Å². The van der Waals surface area contributed by atoms with Crippen LogP contribution < -0.4 is 0 Å². The highest BCUT2D eigenvalue weighted by molar-refractivity contribution is 6.67. The average Bonchev–Trinajstić information content (AvgIpc) is 2.68. The Kier molecular flexibility index (Phi) is 3.24. The van der Waals surface area contributed by atoms with Gasteiger partial charge in [-0.05, 0) is 23.7 Å². The zero-order valence-corrected chi connectivity index (χ0v) is 9.95. The van der Waals surface area contributed by atoms with E-state index in [0.717, 1.165) is 12.1 Å². The van der Waals surface area contributed by atoms with Gasteiger partial charge in [0.2, 0.25) is 0 Å². The zero-order chi connectivity index (χ0) is 15.3. The van der Waals surface area contributed by atoms with E-state index in [1.807, 2.05) is 0 Å². The highest BCUT2D eigenvalue weighted by atomic mass is 35.5. The number of furan rings is 1. The van der Waals surface area contributed by atoms with Crippen LogP contribution in [-0.4, -0.2) is 5.24 Å². The Morgan fingerprint density at radius 1 is 1.05 bits per heavy atom. The Hall–Kier alpha value is -1.70. The average molecular weight is 317 g/mol. The summed E-state index contributed by atoms with van der Waals surface area (Å²) in [6.45, 7) is 0. The molecule has 0 aliphatic heterocycles. The second-order valence-corrected chi connectivity index (χ2v) is 4.13. The van der Waals surface area contributed by atoms with Crippen LogP contribution in [0.2, 0.25) is 0 Å². The summed E-state index contributed by atoms with van der Waals surface area (Å²) in [5.41, 5.74) is -4.94. The van der Waals surface area contributed by atoms with E-state index in [9.17, 15) is 31.1 Å². The van der Waals surface area contributed by atoms with Crippen LogP contribution in [0.25, 0.3) is 11.0 Å². The molecule has 0 saturated heterocycles. The normalized spacial score (nSPS) is 12.9. The molecule has 0 amide bonds. The lowest BCUT2D eigenvalue weighted by Crippen LogP contribution is -2.16. The van der Waals surface area contributed by atoms with Crippen LogP contribution in [-0.2, 0) is 12.4 Å². The van der Waals surface area contributed by atoms with E-state index in [2.05, 4.69) is 4.42 Å². The topological polar surface area (TPSA) is 30.2 Å². The molecular formula is C11H3ClF6O2. The van der Waals surface area contributed by atoms with Crippen LogP contribution in [0.5, 0.6) is 0 Å². The minimum atomic E-state index is -5.30. The van der Waals surface area contributed by atoms with Crippen LogP contribution in [0.4, 0.5) is 26.3 Å². The fourth-order valence-corrected chi connectivity index (χ4v) is 1.81. The first-order chi connectivity index (χ1) is 9.01. The van der Waals surface area contributed by atoms with Crippen molar-refractivity contribution in [2.24, 2.45) is 0 Å². The molecule has 0 N–H and O–H groups in total. The van der Waals surface area contributed by atoms with Gasteiger partial charge in [-0.15, -0.1) is 0 Å². The lowest BCUT2D eigenvalue weighted by molar-refractivity contribution is -0.161. The fraction of sp³-hybridized carbons (Fsp3) is 0.182. The van der Waals surface area contributed by atoms with Gasteiger partial charge in [0.25, 0.3) is 5.24 Å². The molecule has 0 aliphatic carbocycles. The predicted octanol–water partition coefficient (Wildman–Crippen LogP) is 4.85. The summed E-state index contributed by atoms with van der Waals surface area (Å²) < 4.78 is 81.0. The highest BCUT2D eigenvalue weighted by Gasteiger charge is 2.45. The maximum absolute atomic E-state index is 12.8. The van der Waals surface area contributed by atoms with Gasteiger partial charge in [-0.1, -0.05) is 6.07 Å². The molecule has 1 aromatic carbocycles. The summed E-state index contributed by atoms with van der Waals surface area (Å²) in [6.07, 6.45) is -10.5. The maximum Gasteiger partial charge on any atom is 0.420 e. The van der Waals surface area contributed by atoms with Crippen LogP contribution in [0.15, 0.2) is 22.6 Å². The number of alkyl halides is 6. The Bertz CT molecular complexity index is 683. The van der Waals surface area contributed by atoms with E-state index >= 15 is 0 Å². The quantitative estimate of drug-likeness (QED) is 0.556. The third kappa shape index (κ3) is 2.47. The SMILES string of the molecule is O=C(Cl)c1cc2ccc(C(F)(F)F)c(C(F)(F)F)c2o1. The third-order valence-electron chi connectivity index (χ3n) is 2.47. The second kappa shape index (κ2) is 4.41. The van der Waals surface area contributed by atoms with Gasteiger partial charge in [-0.2, -0.15) is 26.3 Å². The molecule has 0 atom stereocenters. The number of benzene rings is 1. The summed E-state index contributed by atoms with van der Waals surface area (Å²) in [5, 5.41) is -1.50. The Morgan fingerprint density at radius 2 is 1.65 bits per heavy atom. The highest BCUT2D eigenvalue weighted by Crippen LogP contribution is 2.44. The van der Waals surface area contributed by atoms with Crippen molar-refractivity contribution in [2.75, 3.05) is 0 Å². The van der Waals surface area contributed by atoms with Gasteiger partial charge in [0, 0.05) is 5.39 Å². The number of carbonyl (C=O) groups is 1. The molecule has 20 heavy (non-hydrogen) atoms. The first-order valence-electron chi connectivity index (χ1n) is 4.92. The maximum atomic E-state index is 12.8. The third-order valence-corrected chi connectivity index (χ3v) is 2.66. The standard InChI is InChI=1S/C11H3ClF6O2/c12-9(19)6-3-4-1-2-5(10(13,14)15)7(8(4)20-6)11(16,17)18/h1-3H. The first-order valence-corrected chi connectivity index (χ1v) is 5.30. The van der Waals surface area contributed by atoms with E-state index in [4.69, 9.17) is 11.6 Å². The molecule has 2 nitrogen and oxygen atoms in total. The summed E-state index contributed by atoms with van der Waals surface area (Å²) in [4.78, 5) is 10.8. The molecule has 1 aromatic heterocycles. The van der Waals surface area contributed by atoms with Gasteiger partial charge >= 0.3 is 12.4 Å². The molecule has 0 spiro atoms. The monoisotopic (exact) mass is 316 g/mol. The van der Waals surface area contributed by atoms with Gasteiger partial charge in [-0.25, -0.2) is 0 Å². The molecule has 1 heterocycles. The second-order valence-electron chi connectivity index (χ2n) is 3.79. The number of rotatable bonds is 1. The lowest BCUT2D eigenvalue weighted by atomic mass is 10.0. The van der Waals surface area contributed by atoms with Crippen molar-refractivity contribution in [3.05, 3.63) is 35.1 Å². The lowest BCUT2D eigenvalue weighted by Gasteiger charge is -2.15. The van der Waals surface area contributed by atoms with Gasteiger partial charge in [-0.3, -0.25) is 4.79 Å². The molecule has 0 radical (unpaired) electrons. The number of carbonyl (C=O) groups excluding carboxylic acids is 1. The van der Waals surface area contributed by atoms with E-state index < -0.39 is 40.1 Å². The van der Waals surface area contributed by atoms with Crippen LogP contribution in [0, 0.1) is 0 Å². The molecule has 108 valence electrons. The van der Waals surface area contributed by atoms with E-state index in [1.165, 1.54) is 0 Å². The number of halogens is 7. The van der Waals surface area contributed by atoms with Gasteiger partial charge in [0.15, 0.2) is 5.76 Å². The van der Waals surface area contributed by atoms with Crippen molar-refractivity contribution in [3.63, 3.8) is 0 Å². The minimum Gasteiger partial charge on any atom is -0.451 e. The van der Waals surface area contributed by atoms with Gasteiger partial charge in [0.1, 0.15) is 11.1 Å². The molecular weight excluding hydrogens is 314 g/mol. The Morgan fingerprint density at radius 3 is 2.10 bits per heavy atom. The largest absolute Gasteiger partial charge is 0.451 e. The van der Waals surface area contributed by atoms with Crippen LogP contribution >= 0.6 is 11.6 Å². The molecule has 0 aliphatic rings. The van der Waals surface area contributed by atoms with Crippen molar-refractivity contribution >= 4 is 27.8 Å². The van der Waals surface area contributed by atoms with Crippen molar-refractivity contribution in [1.29, 1.82) is 0 Å². The Labute approximate surface area is 111 Å². The fourth-order valence-electron chi connectivity index (χ4n) is 1.72. The summed E-state index contributed by atoms with van der Waals surface area (Å²) in [6, 6.07) is 1.91. The molecule has 0 saturated carbocycles. The van der Waals surface area contributed by atoms with Crippen LogP contribution in [0.1, 0.15) is 21.7 Å². The van der Waals surface area contributed by atoms with E-state index in [1.54, 1.807) is 0 Å². The van der Waals surface area contributed by atoms with Crippen molar-refractivity contribution in [3.8, 4) is 0 Å². The first kappa shape index (κ1) is 14.7. The van der Waals surface area contributed by atoms with Crippen LogP contribution in [0.3, 0.4) is 0 Å². The summed E-state index contributed by atoms with van der Waals surface area (Å²) in [5.74, 6) is -0.661. The zero-order valence-electron chi connectivity index (χ0n) is 9.19. The molecule has 2 aromatic rings. The Balaban J connectivity index is 2.87. The van der Waals surface area contributed by atoms with Crippen molar-refractivity contribution in [2.45, 2.75) is 12.4 Å². The van der Waals surface area contributed by atoms with E-state index in [-0.39, 0.29) is 11.5 Å².